The number of hydrogen-bond donors (Lipinski definition) is 1. The van der Waals surface area contributed by atoms with Gasteiger partial charge in [-0.3, -0.25) is 0 Å². The van der Waals surface area contributed by atoms with E-state index in [1.54, 1.807) is 0 Å². The first-order chi connectivity index (χ1) is 9.38. The molecule has 0 aliphatic rings. The summed E-state index contributed by atoms with van der Waals surface area (Å²) in [6, 6.07) is 0. The molecular formula is C14H27N3O2. The van der Waals surface area contributed by atoms with Crippen molar-refractivity contribution < 1.29 is 9.47 Å². The van der Waals surface area contributed by atoms with Gasteiger partial charge in [0.1, 0.15) is 0 Å². The van der Waals surface area contributed by atoms with Crippen molar-refractivity contribution in [1.29, 1.82) is 0 Å². The van der Waals surface area contributed by atoms with Crippen molar-refractivity contribution in [3.63, 3.8) is 0 Å². The average Bonchev–Trinajstić information content (AvgIpc) is 2.86. The number of imidazole rings is 1. The topological polar surface area (TPSA) is 48.3 Å². The molecule has 0 atom stereocenters. The second kappa shape index (κ2) is 10.8. The molecule has 1 heterocycles. The predicted octanol–water partition coefficient (Wildman–Crippen LogP) is 2.54. The normalized spacial score (nSPS) is 10.8. The van der Waals surface area contributed by atoms with Crippen LogP contribution in [0.1, 0.15) is 33.1 Å². The summed E-state index contributed by atoms with van der Waals surface area (Å²) in [6.45, 7) is 9.08. The molecule has 0 unspecified atom stereocenters. The van der Waals surface area contributed by atoms with Gasteiger partial charge < -0.3 is 19.4 Å². The Morgan fingerprint density at radius 1 is 1.16 bits per heavy atom. The van der Waals surface area contributed by atoms with Crippen LogP contribution in [0.2, 0.25) is 0 Å². The molecule has 0 spiro atoms. The zero-order valence-corrected chi connectivity index (χ0v) is 12.2. The van der Waals surface area contributed by atoms with E-state index in [0.29, 0.717) is 0 Å². The molecule has 1 N–H and O–H groups in total. The van der Waals surface area contributed by atoms with Crippen molar-refractivity contribution in [2.24, 2.45) is 0 Å². The van der Waals surface area contributed by atoms with Crippen molar-refractivity contribution in [2.45, 2.75) is 39.7 Å². The molecule has 110 valence electrons. The fourth-order valence-electron chi connectivity index (χ4n) is 1.69. The molecule has 0 saturated carbocycles. The first kappa shape index (κ1) is 16.0. The van der Waals surface area contributed by atoms with Gasteiger partial charge in [0, 0.05) is 45.3 Å². The molecule has 0 fully saturated rings. The minimum absolute atomic E-state index is 0.740. The second-order valence-electron chi connectivity index (χ2n) is 4.39. The largest absolute Gasteiger partial charge is 0.382 e. The Balaban J connectivity index is 2.15. The van der Waals surface area contributed by atoms with Crippen molar-refractivity contribution >= 4 is 5.95 Å². The SMILES string of the molecule is CCCCOCCn1ccnc1NCCCOCC. The van der Waals surface area contributed by atoms with Gasteiger partial charge in [-0.25, -0.2) is 4.98 Å². The number of ether oxygens (including phenoxy) is 2. The third kappa shape index (κ3) is 7.18. The Hall–Kier alpha value is -1.07. The lowest BCUT2D eigenvalue weighted by Gasteiger charge is -2.10. The highest BCUT2D eigenvalue weighted by Crippen LogP contribution is 2.04. The third-order valence-corrected chi connectivity index (χ3v) is 2.79. The minimum Gasteiger partial charge on any atom is -0.382 e. The number of nitrogens with zero attached hydrogens (tertiary/aromatic N) is 2. The van der Waals surface area contributed by atoms with Crippen LogP contribution in [0.5, 0.6) is 0 Å². The first-order valence-corrected chi connectivity index (χ1v) is 7.29. The number of aromatic nitrogens is 2. The summed E-state index contributed by atoms with van der Waals surface area (Å²) in [7, 11) is 0. The van der Waals surface area contributed by atoms with Gasteiger partial charge in [-0.1, -0.05) is 13.3 Å². The predicted molar refractivity (Wildman–Crippen MR) is 77.6 cm³/mol. The fourth-order valence-corrected chi connectivity index (χ4v) is 1.69. The summed E-state index contributed by atoms with van der Waals surface area (Å²) in [5, 5.41) is 3.32. The number of hydrogen-bond acceptors (Lipinski definition) is 4. The zero-order chi connectivity index (χ0) is 13.8. The van der Waals surface area contributed by atoms with Crippen LogP contribution in [0, 0.1) is 0 Å². The molecule has 5 nitrogen and oxygen atoms in total. The van der Waals surface area contributed by atoms with Crippen LogP contribution in [0.25, 0.3) is 0 Å². The fraction of sp³-hybridized carbons (Fsp3) is 0.786. The van der Waals surface area contributed by atoms with Crippen molar-refractivity contribution in [2.75, 3.05) is 38.3 Å². The molecule has 0 saturated heterocycles. The number of unbranched alkanes of at least 4 members (excludes halogenated alkanes) is 1. The summed E-state index contributed by atoms with van der Waals surface area (Å²) >= 11 is 0. The van der Waals surface area contributed by atoms with E-state index in [4.69, 9.17) is 9.47 Å². The van der Waals surface area contributed by atoms with E-state index in [0.717, 1.165) is 58.3 Å². The van der Waals surface area contributed by atoms with Crippen LogP contribution < -0.4 is 5.32 Å². The molecule has 1 aromatic rings. The summed E-state index contributed by atoms with van der Waals surface area (Å²) in [4.78, 5) is 4.30. The Bertz CT molecular complexity index is 287. The van der Waals surface area contributed by atoms with Crippen molar-refractivity contribution in [1.82, 2.24) is 9.55 Å². The van der Waals surface area contributed by atoms with Gasteiger partial charge in [0.25, 0.3) is 0 Å². The molecule has 19 heavy (non-hydrogen) atoms. The van der Waals surface area contributed by atoms with Gasteiger partial charge in [0.15, 0.2) is 0 Å². The maximum atomic E-state index is 5.56. The zero-order valence-electron chi connectivity index (χ0n) is 12.2. The molecule has 0 aliphatic heterocycles. The highest BCUT2D eigenvalue weighted by Gasteiger charge is 2.01. The van der Waals surface area contributed by atoms with Crippen molar-refractivity contribution in [3.05, 3.63) is 12.4 Å². The van der Waals surface area contributed by atoms with E-state index in [2.05, 4.69) is 21.8 Å². The van der Waals surface area contributed by atoms with E-state index in [9.17, 15) is 0 Å². The molecule has 1 rings (SSSR count). The summed E-state index contributed by atoms with van der Waals surface area (Å²) in [5.41, 5.74) is 0. The maximum absolute atomic E-state index is 5.56. The van der Waals surface area contributed by atoms with Crippen LogP contribution in [-0.2, 0) is 16.0 Å². The molecule has 5 heteroatoms. The van der Waals surface area contributed by atoms with Crippen LogP contribution in [0.15, 0.2) is 12.4 Å². The number of anilines is 1. The van der Waals surface area contributed by atoms with Crippen LogP contribution in [-0.4, -0.2) is 42.5 Å². The smallest absolute Gasteiger partial charge is 0.202 e. The van der Waals surface area contributed by atoms with Gasteiger partial charge in [-0.2, -0.15) is 0 Å². The lowest BCUT2D eigenvalue weighted by molar-refractivity contribution is 0.124. The van der Waals surface area contributed by atoms with Crippen LogP contribution >= 0.6 is 0 Å². The maximum Gasteiger partial charge on any atom is 0.202 e. The standard InChI is InChI=1S/C14H27N3O2/c1-3-5-11-19-13-10-17-9-8-16-14(17)15-7-6-12-18-4-2/h8-9H,3-7,10-13H2,1-2H3,(H,15,16). The molecular weight excluding hydrogens is 242 g/mol. The summed E-state index contributed by atoms with van der Waals surface area (Å²) in [6.07, 6.45) is 7.10. The van der Waals surface area contributed by atoms with Gasteiger partial charge in [0.2, 0.25) is 5.95 Å². The molecule has 0 radical (unpaired) electrons. The Labute approximate surface area is 116 Å². The highest BCUT2D eigenvalue weighted by atomic mass is 16.5. The second-order valence-corrected chi connectivity index (χ2v) is 4.39. The van der Waals surface area contributed by atoms with Gasteiger partial charge in [-0.05, 0) is 19.8 Å². The monoisotopic (exact) mass is 269 g/mol. The van der Waals surface area contributed by atoms with E-state index >= 15 is 0 Å². The van der Waals surface area contributed by atoms with Gasteiger partial charge in [-0.15, -0.1) is 0 Å². The highest BCUT2D eigenvalue weighted by molar-refractivity contribution is 5.25. The molecule has 1 aromatic heterocycles. The van der Waals surface area contributed by atoms with Crippen LogP contribution in [0.3, 0.4) is 0 Å². The van der Waals surface area contributed by atoms with E-state index in [1.165, 1.54) is 6.42 Å². The quantitative estimate of drug-likeness (QED) is 0.592. The number of nitrogens with one attached hydrogen (secondary N) is 1. The number of rotatable bonds is 12. The summed E-state index contributed by atoms with van der Waals surface area (Å²) < 4.78 is 13.0. The van der Waals surface area contributed by atoms with E-state index in [1.807, 2.05) is 19.3 Å². The van der Waals surface area contributed by atoms with Gasteiger partial charge >= 0.3 is 0 Å². The lowest BCUT2D eigenvalue weighted by Crippen LogP contribution is -2.13. The minimum atomic E-state index is 0.740. The Kier molecular flexibility index (Phi) is 9.10. The molecule has 0 bridgehead atoms. The van der Waals surface area contributed by atoms with Crippen molar-refractivity contribution in [3.8, 4) is 0 Å². The molecule has 0 amide bonds. The summed E-state index contributed by atoms with van der Waals surface area (Å²) in [5.74, 6) is 0.913. The van der Waals surface area contributed by atoms with E-state index in [-0.39, 0.29) is 0 Å². The van der Waals surface area contributed by atoms with Gasteiger partial charge in [0.05, 0.1) is 6.61 Å². The lowest BCUT2D eigenvalue weighted by atomic mass is 10.4. The molecule has 0 aromatic carbocycles. The first-order valence-electron chi connectivity index (χ1n) is 7.29. The third-order valence-electron chi connectivity index (χ3n) is 2.79. The van der Waals surface area contributed by atoms with Crippen LogP contribution in [0.4, 0.5) is 5.95 Å². The average molecular weight is 269 g/mol. The van der Waals surface area contributed by atoms with E-state index < -0.39 is 0 Å². The molecule has 0 aliphatic carbocycles. The Morgan fingerprint density at radius 3 is 2.79 bits per heavy atom. The Morgan fingerprint density at radius 2 is 2.00 bits per heavy atom.